The topological polar surface area (TPSA) is 47.6 Å². The van der Waals surface area contributed by atoms with Crippen LogP contribution >= 0.6 is 7.75 Å². The SMILES string of the molecule is CC(C)=CCC/C(C)=C1/CC[C@@]2(C)C(C)=C(NP3(=O)OCC(C)(C)CO3)C[C@@H]12. The van der Waals surface area contributed by atoms with Crippen LogP contribution in [0, 0.1) is 16.7 Å². The largest absolute Gasteiger partial charge is 0.432 e. The minimum Gasteiger partial charge on any atom is -0.297 e. The van der Waals surface area contributed by atoms with E-state index in [0.29, 0.717) is 19.1 Å². The van der Waals surface area contributed by atoms with Crippen molar-refractivity contribution in [2.24, 2.45) is 16.7 Å². The van der Waals surface area contributed by atoms with E-state index >= 15 is 0 Å². The van der Waals surface area contributed by atoms with E-state index in [0.717, 1.165) is 25.0 Å². The summed E-state index contributed by atoms with van der Waals surface area (Å²) in [6, 6.07) is 0. The number of hydrogen-bond donors (Lipinski definition) is 1. The molecule has 158 valence electrons. The van der Waals surface area contributed by atoms with Crippen molar-refractivity contribution in [3.8, 4) is 0 Å². The van der Waals surface area contributed by atoms with E-state index in [2.05, 4.69) is 59.6 Å². The maximum atomic E-state index is 13.1. The maximum absolute atomic E-state index is 13.1. The number of nitrogens with one attached hydrogen (secondary N) is 1. The van der Waals surface area contributed by atoms with Crippen LogP contribution in [-0.2, 0) is 13.6 Å². The van der Waals surface area contributed by atoms with Crippen LogP contribution in [0.5, 0.6) is 0 Å². The first-order chi connectivity index (χ1) is 13.0. The van der Waals surface area contributed by atoms with E-state index < -0.39 is 7.75 Å². The molecule has 0 aromatic carbocycles. The van der Waals surface area contributed by atoms with Crippen molar-refractivity contribution in [3.63, 3.8) is 0 Å². The molecule has 3 rings (SSSR count). The molecule has 0 unspecified atom stereocenters. The number of hydrogen-bond acceptors (Lipinski definition) is 3. The second-order valence-corrected chi connectivity index (χ2v) is 12.0. The van der Waals surface area contributed by atoms with Gasteiger partial charge in [-0.05, 0) is 76.7 Å². The van der Waals surface area contributed by atoms with Gasteiger partial charge in [0.05, 0.1) is 13.2 Å². The van der Waals surface area contributed by atoms with Crippen LogP contribution < -0.4 is 5.09 Å². The first-order valence-corrected chi connectivity index (χ1v) is 12.2. The summed E-state index contributed by atoms with van der Waals surface area (Å²) in [4.78, 5) is 0. The van der Waals surface area contributed by atoms with Crippen LogP contribution in [0.3, 0.4) is 0 Å². The Morgan fingerprint density at radius 1 is 1.21 bits per heavy atom. The molecule has 2 fully saturated rings. The summed E-state index contributed by atoms with van der Waals surface area (Å²) in [5.41, 5.74) is 7.02. The Bertz CT molecular complexity index is 759. The van der Waals surface area contributed by atoms with E-state index in [1.807, 2.05) is 0 Å². The molecule has 1 saturated carbocycles. The lowest BCUT2D eigenvalue weighted by Crippen LogP contribution is -2.32. The highest BCUT2D eigenvalue weighted by Crippen LogP contribution is 2.61. The van der Waals surface area contributed by atoms with Gasteiger partial charge in [-0.1, -0.05) is 43.6 Å². The number of fused-ring (bicyclic) bond motifs is 1. The first kappa shape index (κ1) is 21.9. The van der Waals surface area contributed by atoms with E-state index in [4.69, 9.17) is 9.05 Å². The molecule has 2 atom stereocenters. The lowest BCUT2D eigenvalue weighted by molar-refractivity contribution is 0.0382. The molecule has 0 radical (unpaired) electrons. The Balaban J connectivity index is 1.74. The second kappa shape index (κ2) is 7.78. The molecule has 1 aliphatic heterocycles. The fourth-order valence-corrected chi connectivity index (χ4v) is 6.67. The van der Waals surface area contributed by atoms with Crippen molar-refractivity contribution < 1.29 is 13.6 Å². The molecule has 5 heteroatoms. The van der Waals surface area contributed by atoms with Crippen LogP contribution in [-0.4, -0.2) is 13.2 Å². The summed E-state index contributed by atoms with van der Waals surface area (Å²) in [7, 11) is -3.25. The Kier molecular flexibility index (Phi) is 6.07. The summed E-state index contributed by atoms with van der Waals surface area (Å²) in [6.07, 6.45) is 7.85. The lowest BCUT2D eigenvalue weighted by atomic mass is 9.77. The Hall–Kier alpha value is -0.830. The Morgan fingerprint density at radius 3 is 2.46 bits per heavy atom. The van der Waals surface area contributed by atoms with Crippen LogP contribution in [0.2, 0.25) is 0 Å². The molecule has 3 aliphatic rings. The van der Waals surface area contributed by atoms with Crippen LogP contribution in [0.4, 0.5) is 0 Å². The highest BCUT2D eigenvalue weighted by Gasteiger charge is 2.50. The maximum Gasteiger partial charge on any atom is 0.432 e. The van der Waals surface area contributed by atoms with Crippen LogP contribution in [0.25, 0.3) is 0 Å². The molecule has 1 heterocycles. The van der Waals surface area contributed by atoms with Gasteiger partial charge in [0.1, 0.15) is 0 Å². The summed E-state index contributed by atoms with van der Waals surface area (Å²) >= 11 is 0. The van der Waals surface area contributed by atoms with Gasteiger partial charge in [0, 0.05) is 11.1 Å². The van der Waals surface area contributed by atoms with E-state index in [-0.39, 0.29) is 10.8 Å². The number of rotatable bonds is 5. The lowest BCUT2D eigenvalue weighted by Gasteiger charge is -2.34. The second-order valence-electron chi connectivity index (χ2n) is 10.2. The average Bonchev–Trinajstić information content (AvgIpc) is 3.05. The Labute approximate surface area is 171 Å². The number of allylic oxidation sites excluding steroid dienone is 6. The molecule has 28 heavy (non-hydrogen) atoms. The Morgan fingerprint density at radius 2 is 1.86 bits per heavy atom. The van der Waals surface area contributed by atoms with Gasteiger partial charge in [-0.25, -0.2) is 4.57 Å². The van der Waals surface area contributed by atoms with Crippen molar-refractivity contribution in [1.29, 1.82) is 0 Å². The van der Waals surface area contributed by atoms with Gasteiger partial charge < -0.3 is 0 Å². The van der Waals surface area contributed by atoms with Crippen LogP contribution in [0.1, 0.15) is 80.6 Å². The van der Waals surface area contributed by atoms with Crippen molar-refractivity contribution in [2.45, 2.75) is 80.6 Å². The highest BCUT2D eigenvalue weighted by atomic mass is 31.2. The minimum absolute atomic E-state index is 0.0878. The summed E-state index contributed by atoms with van der Waals surface area (Å²) in [6.45, 7) is 16.2. The quantitative estimate of drug-likeness (QED) is 0.397. The predicted molar refractivity (Wildman–Crippen MR) is 116 cm³/mol. The molecule has 0 bridgehead atoms. The first-order valence-electron chi connectivity index (χ1n) is 10.7. The van der Waals surface area contributed by atoms with Crippen LogP contribution in [0.15, 0.2) is 34.1 Å². The molecular weight excluding hydrogens is 369 g/mol. The van der Waals surface area contributed by atoms with Crippen molar-refractivity contribution in [1.82, 2.24) is 5.09 Å². The normalized spacial score (nSPS) is 32.9. The average molecular weight is 408 g/mol. The van der Waals surface area contributed by atoms with Gasteiger partial charge in [-0.3, -0.25) is 14.1 Å². The molecule has 1 N–H and O–H groups in total. The summed E-state index contributed by atoms with van der Waals surface area (Å²) in [5.74, 6) is 0.509. The third-order valence-corrected chi connectivity index (χ3v) is 8.45. The molecule has 2 aliphatic carbocycles. The van der Waals surface area contributed by atoms with Gasteiger partial charge in [-0.15, -0.1) is 0 Å². The minimum atomic E-state index is -3.25. The van der Waals surface area contributed by atoms with Gasteiger partial charge in [0.25, 0.3) is 0 Å². The van der Waals surface area contributed by atoms with Crippen molar-refractivity contribution >= 4 is 7.75 Å². The molecule has 0 spiro atoms. The zero-order valence-corrected chi connectivity index (χ0v) is 19.7. The fraction of sp³-hybridized carbons (Fsp3) is 0.739. The molecule has 0 amide bonds. The third kappa shape index (κ3) is 4.35. The van der Waals surface area contributed by atoms with Gasteiger partial charge >= 0.3 is 7.75 Å². The monoisotopic (exact) mass is 407 g/mol. The summed E-state index contributed by atoms with van der Waals surface area (Å²) < 4.78 is 24.4. The fourth-order valence-electron chi connectivity index (χ4n) is 4.83. The van der Waals surface area contributed by atoms with Gasteiger partial charge in [0.15, 0.2) is 0 Å². The third-order valence-electron chi connectivity index (χ3n) is 6.96. The van der Waals surface area contributed by atoms with E-state index in [9.17, 15) is 4.57 Å². The molecule has 0 aromatic rings. The predicted octanol–water partition coefficient (Wildman–Crippen LogP) is 6.91. The molecule has 4 nitrogen and oxygen atoms in total. The van der Waals surface area contributed by atoms with Crippen molar-refractivity contribution in [2.75, 3.05) is 13.2 Å². The van der Waals surface area contributed by atoms with Crippen molar-refractivity contribution in [3.05, 3.63) is 34.1 Å². The highest BCUT2D eigenvalue weighted by molar-refractivity contribution is 7.51. The van der Waals surface area contributed by atoms with E-state index in [1.165, 1.54) is 24.0 Å². The van der Waals surface area contributed by atoms with Gasteiger partial charge in [-0.2, -0.15) is 0 Å². The zero-order chi connectivity index (χ0) is 20.7. The molecule has 1 saturated heterocycles. The van der Waals surface area contributed by atoms with Gasteiger partial charge in [0.2, 0.25) is 0 Å². The standard InChI is InChI=1S/C23H38NO3P/c1-16(2)9-8-10-17(3)19-11-12-23(7)18(4)21(13-20(19)23)24-28(25)26-14-22(5,6)15-27-28/h9,20H,8,10-15H2,1-7H3,(H,24,25)/b19-17-/t20-,23-/m0/s1. The molecule has 0 aromatic heterocycles. The summed E-state index contributed by atoms with van der Waals surface area (Å²) in [5, 5.41) is 3.21. The molecular formula is C23H38NO3P. The smallest absolute Gasteiger partial charge is 0.297 e. The van der Waals surface area contributed by atoms with E-state index in [1.54, 1.807) is 11.1 Å². The zero-order valence-electron chi connectivity index (χ0n) is 18.8.